The van der Waals surface area contributed by atoms with Crippen molar-refractivity contribution in [3.05, 3.63) is 28.8 Å². The van der Waals surface area contributed by atoms with Gasteiger partial charge >= 0.3 is 11.9 Å². The average molecular weight is 268 g/mol. The molecule has 1 aromatic rings. The third-order valence-electron chi connectivity index (χ3n) is 2.52. The summed E-state index contributed by atoms with van der Waals surface area (Å²) >= 11 is 1.40. The van der Waals surface area contributed by atoms with E-state index in [0.717, 1.165) is 11.3 Å². The largest absolute Gasteiger partial charge is 0.478 e. The summed E-state index contributed by atoms with van der Waals surface area (Å²) in [6.45, 7) is 3.87. The van der Waals surface area contributed by atoms with Crippen molar-refractivity contribution in [3.8, 4) is 0 Å². The Labute approximate surface area is 110 Å². The molecular weight excluding hydrogens is 252 g/mol. The quantitative estimate of drug-likeness (QED) is 0.657. The molecule has 98 valence electrons. The van der Waals surface area contributed by atoms with Crippen molar-refractivity contribution in [1.29, 1.82) is 0 Å². The number of hydrogen-bond acceptors (Lipinski definition) is 4. The number of carboxylic acid groups (broad SMARTS) is 1. The van der Waals surface area contributed by atoms with Crippen molar-refractivity contribution in [2.45, 2.75) is 25.2 Å². The van der Waals surface area contributed by atoms with Crippen LogP contribution in [0.15, 0.2) is 17.0 Å². The fourth-order valence-corrected chi connectivity index (χ4v) is 2.25. The highest BCUT2D eigenvalue weighted by Gasteiger charge is 2.20. The molecule has 1 N–H and O–H groups in total. The van der Waals surface area contributed by atoms with Gasteiger partial charge in [0.25, 0.3) is 0 Å². The number of aromatic carboxylic acids is 1. The van der Waals surface area contributed by atoms with Gasteiger partial charge in [-0.1, -0.05) is 6.92 Å². The molecule has 0 atom stereocenters. The molecule has 0 radical (unpaired) electrons. The zero-order chi connectivity index (χ0) is 13.7. The minimum absolute atomic E-state index is 0.135. The first-order valence-electron chi connectivity index (χ1n) is 5.60. The normalized spacial score (nSPS) is 10.2. The maximum absolute atomic E-state index is 12.0. The molecule has 0 amide bonds. The molecule has 0 aliphatic heterocycles. The number of carbonyl (C=O) groups is 2. The van der Waals surface area contributed by atoms with E-state index in [2.05, 4.69) is 0 Å². The molecule has 0 bridgehead atoms. The number of ether oxygens (including phenoxy) is 1. The summed E-state index contributed by atoms with van der Waals surface area (Å²) < 4.78 is 5.09. The van der Waals surface area contributed by atoms with Crippen molar-refractivity contribution in [2.75, 3.05) is 12.9 Å². The summed E-state index contributed by atoms with van der Waals surface area (Å²) in [5.41, 5.74) is 0.947. The van der Waals surface area contributed by atoms with Gasteiger partial charge in [0.15, 0.2) is 0 Å². The first-order valence-corrected chi connectivity index (χ1v) is 6.83. The van der Waals surface area contributed by atoms with Gasteiger partial charge in [0.05, 0.1) is 17.7 Å². The summed E-state index contributed by atoms with van der Waals surface area (Å²) in [6, 6.07) is 3.16. The predicted molar refractivity (Wildman–Crippen MR) is 70.5 cm³/mol. The highest BCUT2D eigenvalue weighted by molar-refractivity contribution is 7.98. The predicted octanol–water partition coefficient (Wildman–Crippen LogP) is 2.98. The molecular formula is C13H16O4S. The molecule has 4 nitrogen and oxygen atoms in total. The van der Waals surface area contributed by atoms with E-state index in [0.29, 0.717) is 17.7 Å². The number of esters is 1. The molecule has 0 unspecified atom stereocenters. The van der Waals surface area contributed by atoms with Gasteiger partial charge in [0.1, 0.15) is 0 Å². The highest BCUT2D eigenvalue weighted by atomic mass is 32.2. The summed E-state index contributed by atoms with van der Waals surface area (Å²) in [5, 5.41) is 9.05. The topological polar surface area (TPSA) is 63.6 Å². The van der Waals surface area contributed by atoms with Gasteiger partial charge in [-0.3, -0.25) is 0 Å². The van der Waals surface area contributed by atoms with Crippen molar-refractivity contribution in [2.24, 2.45) is 0 Å². The van der Waals surface area contributed by atoms with Crippen molar-refractivity contribution >= 4 is 23.7 Å². The number of carbonyl (C=O) groups excluding carboxylic acids is 1. The van der Waals surface area contributed by atoms with Gasteiger partial charge in [0.2, 0.25) is 0 Å². The highest BCUT2D eigenvalue weighted by Crippen LogP contribution is 2.26. The maximum atomic E-state index is 12.0. The average Bonchev–Trinajstić information content (AvgIpc) is 2.34. The minimum Gasteiger partial charge on any atom is -0.478 e. The van der Waals surface area contributed by atoms with Gasteiger partial charge < -0.3 is 9.84 Å². The summed E-state index contributed by atoms with van der Waals surface area (Å²) in [6.07, 6.45) is 2.57. The van der Waals surface area contributed by atoms with Crippen LogP contribution in [-0.4, -0.2) is 29.9 Å². The second-order valence-electron chi connectivity index (χ2n) is 3.76. The molecule has 0 aliphatic carbocycles. The third kappa shape index (κ3) is 3.04. The van der Waals surface area contributed by atoms with Crippen LogP contribution in [0.3, 0.4) is 0 Å². The van der Waals surface area contributed by atoms with Crippen LogP contribution < -0.4 is 0 Å². The first kappa shape index (κ1) is 14.6. The van der Waals surface area contributed by atoms with Crippen molar-refractivity contribution in [3.63, 3.8) is 0 Å². The van der Waals surface area contributed by atoms with Gasteiger partial charge in [-0.25, -0.2) is 9.59 Å². The number of benzene rings is 1. The third-order valence-corrected chi connectivity index (χ3v) is 3.30. The Morgan fingerprint density at radius 2 is 2.06 bits per heavy atom. The SMILES string of the molecule is CCCOC(=O)c1c(SC)ccc(C(=O)O)c1C. The molecule has 5 heteroatoms. The molecule has 0 aromatic heterocycles. The zero-order valence-corrected chi connectivity index (χ0v) is 11.5. The standard InChI is InChI=1S/C13H16O4S/c1-4-7-17-13(16)11-8(2)9(12(14)15)5-6-10(11)18-3/h5-6H,4,7H2,1-3H3,(H,14,15). The molecule has 0 saturated heterocycles. The lowest BCUT2D eigenvalue weighted by atomic mass is 10.0. The van der Waals surface area contributed by atoms with E-state index in [1.807, 2.05) is 13.2 Å². The second-order valence-corrected chi connectivity index (χ2v) is 4.60. The lowest BCUT2D eigenvalue weighted by molar-refractivity contribution is 0.0500. The summed E-state index contributed by atoms with van der Waals surface area (Å²) in [4.78, 5) is 23.7. The molecule has 0 aliphatic rings. The van der Waals surface area contributed by atoms with Crippen LogP contribution in [0, 0.1) is 6.92 Å². The molecule has 0 saturated carbocycles. The van der Waals surface area contributed by atoms with Crippen LogP contribution >= 0.6 is 11.8 Å². The van der Waals surface area contributed by atoms with Gasteiger partial charge in [0, 0.05) is 4.90 Å². The number of hydrogen-bond donors (Lipinski definition) is 1. The second kappa shape index (κ2) is 6.44. The minimum atomic E-state index is -1.04. The van der Waals surface area contributed by atoms with Gasteiger partial charge in [-0.2, -0.15) is 0 Å². The van der Waals surface area contributed by atoms with Crippen LogP contribution in [-0.2, 0) is 4.74 Å². The van der Waals surface area contributed by atoms with E-state index in [-0.39, 0.29) is 5.56 Å². The number of thioether (sulfide) groups is 1. The van der Waals surface area contributed by atoms with Gasteiger partial charge in [-0.05, 0) is 37.3 Å². The van der Waals surface area contributed by atoms with E-state index in [9.17, 15) is 9.59 Å². The fraction of sp³-hybridized carbons (Fsp3) is 0.385. The molecule has 0 spiro atoms. The fourth-order valence-electron chi connectivity index (χ4n) is 1.61. The molecule has 0 fully saturated rings. The van der Waals surface area contributed by atoms with Crippen molar-refractivity contribution in [1.82, 2.24) is 0 Å². The lowest BCUT2D eigenvalue weighted by Gasteiger charge is -2.12. The zero-order valence-electron chi connectivity index (χ0n) is 10.6. The van der Waals surface area contributed by atoms with Crippen molar-refractivity contribution < 1.29 is 19.4 Å². The van der Waals surface area contributed by atoms with E-state index < -0.39 is 11.9 Å². The van der Waals surface area contributed by atoms with Crippen LogP contribution in [0.2, 0.25) is 0 Å². The Morgan fingerprint density at radius 1 is 1.39 bits per heavy atom. The molecule has 1 rings (SSSR count). The number of rotatable bonds is 5. The lowest BCUT2D eigenvalue weighted by Crippen LogP contribution is -2.12. The first-order chi connectivity index (χ1) is 8.52. The summed E-state index contributed by atoms with van der Waals surface area (Å²) in [7, 11) is 0. The Morgan fingerprint density at radius 3 is 2.56 bits per heavy atom. The Kier molecular flexibility index (Phi) is 5.22. The van der Waals surface area contributed by atoms with Crippen LogP contribution in [0.5, 0.6) is 0 Å². The van der Waals surface area contributed by atoms with Crippen LogP contribution in [0.25, 0.3) is 0 Å². The Hall–Kier alpha value is -1.49. The van der Waals surface area contributed by atoms with Crippen LogP contribution in [0.1, 0.15) is 39.6 Å². The molecule has 0 heterocycles. The Bertz CT molecular complexity index is 468. The molecule has 1 aromatic carbocycles. The van der Waals surface area contributed by atoms with Crippen LogP contribution in [0.4, 0.5) is 0 Å². The number of carboxylic acids is 1. The molecule has 18 heavy (non-hydrogen) atoms. The van der Waals surface area contributed by atoms with Gasteiger partial charge in [-0.15, -0.1) is 11.8 Å². The Balaban J connectivity index is 3.25. The van der Waals surface area contributed by atoms with E-state index in [1.54, 1.807) is 13.0 Å². The van der Waals surface area contributed by atoms with E-state index >= 15 is 0 Å². The summed E-state index contributed by atoms with van der Waals surface area (Å²) in [5.74, 6) is -1.49. The van der Waals surface area contributed by atoms with E-state index in [1.165, 1.54) is 17.8 Å². The smallest absolute Gasteiger partial charge is 0.339 e. The van der Waals surface area contributed by atoms with E-state index in [4.69, 9.17) is 9.84 Å². The maximum Gasteiger partial charge on any atom is 0.339 e. The monoisotopic (exact) mass is 268 g/mol.